The zero-order chi connectivity index (χ0) is 25.3. The van der Waals surface area contributed by atoms with Crippen LogP contribution in [0.5, 0.6) is 5.75 Å². The maximum atomic E-state index is 12.8. The van der Waals surface area contributed by atoms with Gasteiger partial charge in [0.15, 0.2) is 0 Å². The Morgan fingerprint density at radius 3 is 2.28 bits per heavy atom. The second kappa shape index (κ2) is 9.96. The van der Waals surface area contributed by atoms with E-state index in [-0.39, 0.29) is 34.8 Å². The molecule has 0 unspecified atom stereocenters. The molecule has 1 aromatic heterocycles. The monoisotopic (exact) mass is 515 g/mol. The van der Waals surface area contributed by atoms with Gasteiger partial charge in [0.25, 0.3) is 0 Å². The number of aliphatic hydroxyl groups excluding tert-OH is 2. The quantitative estimate of drug-likeness (QED) is 0.378. The number of rotatable bonds is 5. The summed E-state index contributed by atoms with van der Waals surface area (Å²) in [6.07, 6.45) is 1.79. The molecule has 2 amide bonds. The van der Waals surface area contributed by atoms with Crippen molar-refractivity contribution < 1.29 is 27.6 Å². The molecule has 2 aliphatic rings. The number of carbonyl (C=O) groups excluding carboxylic acids is 1. The number of benzene rings is 2. The van der Waals surface area contributed by atoms with Crippen LogP contribution in [-0.4, -0.2) is 77.9 Å². The molecule has 192 valence electrons. The first-order valence-electron chi connectivity index (χ1n) is 12.0. The summed E-state index contributed by atoms with van der Waals surface area (Å²) in [4.78, 5) is 23.5. The minimum atomic E-state index is -4.06. The molecule has 5 rings (SSSR count). The van der Waals surface area contributed by atoms with E-state index in [0.29, 0.717) is 49.8 Å². The van der Waals surface area contributed by atoms with Gasteiger partial charge < -0.3 is 29.2 Å². The highest BCUT2D eigenvalue weighted by molar-refractivity contribution is 7.87. The Morgan fingerprint density at radius 1 is 0.972 bits per heavy atom. The number of H-pyrrole nitrogens is 1. The van der Waals surface area contributed by atoms with Gasteiger partial charge in [-0.1, -0.05) is 0 Å². The van der Waals surface area contributed by atoms with Crippen LogP contribution in [0.15, 0.2) is 47.4 Å². The van der Waals surface area contributed by atoms with E-state index in [1.807, 2.05) is 0 Å². The molecule has 3 aromatic rings. The number of hydrogen-bond acceptors (Lipinski definition) is 8. The lowest BCUT2D eigenvalue weighted by Gasteiger charge is -2.31. The van der Waals surface area contributed by atoms with Crippen LogP contribution in [0.4, 0.5) is 16.4 Å². The van der Waals surface area contributed by atoms with E-state index in [2.05, 4.69) is 20.2 Å². The van der Waals surface area contributed by atoms with Gasteiger partial charge >= 0.3 is 16.1 Å². The lowest BCUT2D eigenvalue weighted by molar-refractivity contribution is 0.0971. The Labute approximate surface area is 208 Å². The molecule has 2 aliphatic heterocycles. The maximum Gasteiger partial charge on any atom is 0.339 e. The number of aliphatic hydroxyl groups is 2. The first-order chi connectivity index (χ1) is 17.3. The smallest absolute Gasteiger partial charge is 0.339 e. The van der Waals surface area contributed by atoms with Crippen LogP contribution in [0, 0.1) is 0 Å². The Balaban J connectivity index is 1.25. The number of aromatic nitrogens is 2. The van der Waals surface area contributed by atoms with Crippen molar-refractivity contribution >= 4 is 38.8 Å². The largest absolute Gasteiger partial charge is 0.393 e. The van der Waals surface area contributed by atoms with Crippen molar-refractivity contribution in [3.05, 3.63) is 42.5 Å². The highest BCUT2D eigenvalue weighted by Gasteiger charge is 2.23. The molecule has 0 spiro atoms. The van der Waals surface area contributed by atoms with Crippen molar-refractivity contribution in [3.63, 3.8) is 0 Å². The van der Waals surface area contributed by atoms with Crippen LogP contribution in [0.2, 0.25) is 0 Å². The lowest BCUT2D eigenvalue weighted by Crippen LogP contribution is -2.42. The van der Waals surface area contributed by atoms with E-state index in [4.69, 9.17) is 4.18 Å². The molecule has 2 saturated heterocycles. The Kier molecular flexibility index (Phi) is 6.73. The summed E-state index contributed by atoms with van der Waals surface area (Å²) in [6.45, 7) is 2.37. The van der Waals surface area contributed by atoms with Gasteiger partial charge in [-0.3, -0.25) is 5.32 Å². The number of nitrogens with one attached hydrogen (secondary N) is 2. The van der Waals surface area contributed by atoms with Gasteiger partial charge in [0.2, 0.25) is 5.95 Å². The first-order valence-corrected chi connectivity index (χ1v) is 13.4. The summed E-state index contributed by atoms with van der Waals surface area (Å²) in [5.74, 6) is 0.341. The predicted molar refractivity (Wildman–Crippen MR) is 134 cm³/mol. The number of carbonyl (C=O) groups is 1. The molecule has 36 heavy (non-hydrogen) atoms. The number of urea groups is 1. The number of piperidine rings is 2. The van der Waals surface area contributed by atoms with Crippen molar-refractivity contribution in [1.29, 1.82) is 0 Å². The van der Waals surface area contributed by atoms with Crippen LogP contribution in [0.25, 0.3) is 11.0 Å². The summed E-state index contributed by atoms with van der Waals surface area (Å²) in [5.41, 5.74) is 1.95. The molecule has 0 aliphatic carbocycles. The Hall–Kier alpha value is -3.35. The molecule has 0 saturated carbocycles. The average Bonchev–Trinajstić information content (AvgIpc) is 3.26. The van der Waals surface area contributed by atoms with Crippen molar-refractivity contribution in [2.45, 2.75) is 42.8 Å². The number of aromatic amines is 1. The standard InChI is InChI=1S/C24H29N5O6S/c30-17-7-11-28(12-8-17)16-1-4-20(5-2-16)36(33,34)35-19-3-6-21-22(15-19)26-23(25-21)27-24(32)29-13-9-18(31)10-14-29/h1-6,15,17-18,30-31H,7-14H2,(H2,25,26,27,32). The van der Waals surface area contributed by atoms with Crippen LogP contribution in [0.1, 0.15) is 25.7 Å². The molecule has 4 N–H and O–H groups in total. The summed E-state index contributed by atoms with van der Waals surface area (Å²) in [5, 5.41) is 22.0. The van der Waals surface area contributed by atoms with E-state index < -0.39 is 10.1 Å². The highest BCUT2D eigenvalue weighted by atomic mass is 32.2. The molecule has 3 heterocycles. The van der Waals surface area contributed by atoms with Gasteiger partial charge in [0, 0.05) is 37.9 Å². The third kappa shape index (κ3) is 5.40. The van der Waals surface area contributed by atoms with Gasteiger partial charge in [-0.2, -0.15) is 8.42 Å². The summed E-state index contributed by atoms with van der Waals surface area (Å²) in [6, 6.07) is 10.8. The number of fused-ring (bicyclic) bond motifs is 1. The molecule has 11 nitrogen and oxygen atoms in total. The average molecular weight is 516 g/mol. The number of amides is 2. The molecular formula is C24H29N5O6S. The zero-order valence-electron chi connectivity index (χ0n) is 19.6. The highest BCUT2D eigenvalue weighted by Crippen LogP contribution is 2.26. The van der Waals surface area contributed by atoms with Crippen LogP contribution >= 0.6 is 0 Å². The Bertz CT molecular complexity index is 1330. The van der Waals surface area contributed by atoms with Gasteiger partial charge in [0.05, 0.1) is 23.2 Å². The molecular weight excluding hydrogens is 486 g/mol. The minimum Gasteiger partial charge on any atom is -0.393 e. The lowest BCUT2D eigenvalue weighted by atomic mass is 10.1. The van der Waals surface area contributed by atoms with Gasteiger partial charge in [0.1, 0.15) is 10.6 Å². The predicted octanol–water partition coefficient (Wildman–Crippen LogP) is 2.28. The molecule has 0 atom stereocenters. The van der Waals surface area contributed by atoms with Gasteiger partial charge in [-0.05, 0) is 62.1 Å². The third-order valence-electron chi connectivity index (χ3n) is 6.59. The van der Waals surface area contributed by atoms with E-state index in [0.717, 1.165) is 18.8 Å². The fraction of sp³-hybridized carbons (Fsp3) is 0.417. The van der Waals surface area contributed by atoms with Crippen molar-refractivity contribution in [2.24, 2.45) is 0 Å². The third-order valence-corrected chi connectivity index (χ3v) is 7.85. The number of hydrogen-bond donors (Lipinski definition) is 4. The first kappa shape index (κ1) is 24.3. The zero-order valence-corrected chi connectivity index (χ0v) is 20.4. The van der Waals surface area contributed by atoms with Crippen molar-refractivity contribution in [1.82, 2.24) is 14.9 Å². The van der Waals surface area contributed by atoms with E-state index in [1.165, 1.54) is 24.3 Å². The molecule has 2 fully saturated rings. The topological polar surface area (TPSA) is 148 Å². The van der Waals surface area contributed by atoms with Gasteiger partial charge in [-0.25, -0.2) is 9.78 Å². The van der Waals surface area contributed by atoms with Crippen molar-refractivity contribution in [2.75, 3.05) is 36.4 Å². The molecule has 0 bridgehead atoms. The van der Waals surface area contributed by atoms with E-state index in [9.17, 15) is 23.4 Å². The molecule has 0 radical (unpaired) electrons. The molecule has 12 heteroatoms. The number of likely N-dealkylation sites (tertiary alicyclic amines) is 1. The fourth-order valence-electron chi connectivity index (χ4n) is 4.47. The molecule has 2 aromatic carbocycles. The second-order valence-corrected chi connectivity index (χ2v) is 10.7. The summed E-state index contributed by atoms with van der Waals surface area (Å²) >= 11 is 0. The number of anilines is 2. The fourth-order valence-corrected chi connectivity index (χ4v) is 5.39. The summed E-state index contributed by atoms with van der Waals surface area (Å²) in [7, 11) is -4.06. The summed E-state index contributed by atoms with van der Waals surface area (Å²) < 4.78 is 31.0. The van der Waals surface area contributed by atoms with Crippen LogP contribution in [0.3, 0.4) is 0 Å². The van der Waals surface area contributed by atoms with Crippen molar-refractivity contribution in [3.8, 4) is 5.75 Å². The SMILES string of the molecule is O=C(Nc1nc2cc(OS(=O)(=O)c3ccc(N4CCC(O)CC4)cc3)ccc2[nH]1)N1CCC(O)CC1. The van der Waals surface area contributed by atoms with Crippen LogP contribution in [-0.2, 0) is 10.1 Å². The van der Waals surface area contributed by atoms with Crippen LogP contribution < -0.4 is 14.4 Å². The van der Waals surface area contributed by atoms with E-state index >= 15 is 0 Å². The van der Waals surface area contributed by atoms with E-state index in [1.54, 1.807) is 23.1 Å². The maximum absolute atomic E-state index is 12.8. The van der Waals surface area contributed by atoms with Gasteiger partial charge in [-0.15, -0.1) is 0 Å². The minimum absolute atomic E-state index is 0.0324. The number of imidazole rings is 1. The number of nitrogens with zero attached hydrogens (tertiary/aromatic N) is 3. The normalized spacial score (nSPS) is 17.9. The second-order valence-electron chi connectivity index (χ2n) is 9.16. The Morgan fingerprint density at radius 2 is 1.61 bits per heavy atom.